The van der Waals surface area contributed by atoms with Crippen molar-refractivity contribution in [2.24, 2.45) is 4.99 Å². The van der Waals surface area contributed by atoms with Crippen molar-refractivity contribution >= 4 is 15.8 Å². The lowest BCUT2D eigenvalue weighted by molar-refractivity contribution is 0.358. The van der Waals surface area contributed by atoms with Gasteiger partial charge in [0, 0.05) is 31.5 Å². The molecule has 0 aromatic heterocycles. The lowest BCUT2D eigenvalue weighted by Crippen LogP contribution is -2.39. The van der Waals surface area contributed by atoms with Gasteiger partial charge in [0.25, 0.3) is 0 Å². The zero-order chi connectivity index (χ0) is 17.1. The van der Waals surface area contributed by atoms with Crippen LogP contribution in [0.5, 0.6) is 5.75 Å². The monoisotopic (exact) mass is 339 g/mol. The molecular weight excluding hydrogens is 314 g/mol. The molecule has 1 aromatic rings. The molecule has 0 fully saturated rings. The summed E-state index contributed by atoms with van der Waals surface area (Å²) in [6.07, 6.45) is 1.69. The van der Waals surface area contributed by atoms with Crippen LogP contribution in [0.25, 0.3) is 0 Å². The molecule has 0 atom stereocenters. The summed E-state index contributed by atoms with van der Waals surface area (Å²) in [5, 5.41) is 6.14. The normalized spacial score (nSPS) is 11.8. The Hall–Kier alpha value is -2.02. The van der Waals surface area contributed by atoms with Gasteiger partial charge in [-0.2, -0.15) is 0 Å². The van der Waals surface area contributed by atoms with Gasteiger partial charge in [-0.05, 0) is 6.07 Å². The Balaban J connectivity index is 2.53. The van der Waals surface area contributed by atoms with Crippen molar-refractivity contribution in [1.82, 2.24) is 10.6 Å². The van der Waals surface area contributed by atoms with Crippen molar-refractivity contribution in [1.29, 1.82) is 0 Å². The van der Waals surface area contributed by atoms with Crippen molar-refractivity contribution in [3.63, 3.8) is 0 Å². The molecule has 0 saturated heterocycles. The summed E-state index contributed by atoms with van der Waals surface area (Å²) in [6, 6.07) is 7.69. The number of para-hydroxylation sites is 1. The molecule has 0 radical (unpaired) electrons. The lowest BCUT2D eigenvalue weighted by atomic mass is 10.2. The lowest BCUT2D eigenvalue weighted by Gasteiger charge is -2.14. The Morgan fingerprint density at radius 1 is 1.35 bits per heavy atom. The predicted octanol–water partition coefficient (Wildman–Crippen LogP) is 1.35. The highest BCUT2D eigenvalue weighted by atomic mass is 32.2. The van der Waals surface area contributed by atoms with Gasteiger partial charge in [-0.3, -0.25) is 4.99 Å². The number of sulfone groups is 1. The van der Waals surface area contributed by atoms with E-state index in [1.807, 2.05) is 24.3 Å². The van der Waals surface area contributed by atoms with Crippen LogP contribution in [0.1, 0.15) is 12.5 Å². The van der Waals surface area contributed by atoms with Gasteiger partial charge >= 0.3 is 0 Å². The molecule has 0 spiro atoms. The molecule has 6 nitrogen and oxygen atoms in total. The van der Waals surface area contributed by atoms with Gasteiger partial charge in [0.15, 0.2) is 15.8 Å². The van der Waals surface area contributed by atoms with E-state index in [1.165, 1.54) is 0 Å². The summed E-state index contributed by atoms with van der Waals surface area (Å²) >= 11 is 0. The average Bonchev–Trinajstić information content (AvgIpc) is 2.56. The minimum absolute atomic E-state index is 0.0865. The molecule has 0 bridgehead atoms. The van der Waals surface area contributed by atoms with Gasteiger partial charge in [0.05, 0.1) is 5.75 Å². The highest BCUT2D eigenvalue weighted by Crippen LogP contribution is 2.17. The molecule has 1 aromatic carbocycles. The molecule has 7 heteroatoms. The molecule has 0 aliphatic rings. The number of hydrogen-bond donors (Lipinski definition) is 2. The fourth-order valence-corrected chi connectivity index (χ4v) is 2.51. The molecule has 0 aliphatic carbocycles. The number of nitrogens with zero attached hydrogens (tertiary/aromatic N) is 1. The molecule has 0 aliphatic heterocycles. The highest BCUT2D eigenvalue weighted by Gasteiger charge is 2.08. The maximum atomic E-state index is 11.5. The molecule has 128 valence electrons. The summed E-state index contributed by atoms with van der Waals surface area (Å²) in [5.41, 5.74) is 0.985. The number of hydrogen-bond acceptors (Lipinski definition) is 4. The first-order valence-electron chi connectivity index (χ1n) is 7.49. The van der Waals surface area contributed by atoms with Crippen LogP contribution in [0, 0.1) is 0 Å². The van der Waals surface area contributed by atoms with Crippen LogP contribution in [0.4, 0.5) is 0 Å². The number of aliphatic imine (C=N–C) groups is 1. The molecule has 23 heavy (non-hydrogen) atoms. The van der Waals surface area contributed by atoms with E-state index < -0.39 is 9.84 Å². The molecular formula is C16H25N3O3S. The van der Waals surface area contributed by atoms with Gasteiger partial charge < -0.3 is 15.4 Å². The van der Waals surface area contributed by atoms with Crippen molar-refractivity contribution in [2.75, 3.05) is 31.7 Å². The summed E-state index contributed by atoms with van der Waals surface area (Å²) < 4.78 is 28.5. The molecule has 1 rings (SSSR count). The Kier molecular flexibility index (Phi) is 8.18. The SMILES string of the molecule is C=CCOc1ccccc1CNC(=NC)NCCS(=O)(=O)CC. The van der Waals surface area contributed by atoms with Gasteiger partial charge in [-0.15, -0.1) is 0 Å². The summed E-state index contributed by atoms with van der Waals surface area (Å²) in [6.45, 7) is 6.56. The van der Waals surface area contributed by atoms with Crippen molar-refractivity contribution in [3.05, 3.63) is 42.5 Å². The topological polar surface area (TPSA) is 79.8 Å². The van der Waals surface area contributed by atoms with E-state index in [1.54, 1.807) is 20.0 Å². The maximum absolute atomic E-state index is 11.5. The van der Waals surface area contributed by atoms with Crippen LogP contribution >= 0.6 is 0 Å². The van der Waals surface area contributed by atoms with Crippen molar-refractivity contribution in [2.45, 2.75) is 13.5 Å². The molecule has 0 heterocycles. The van der Waals surface area contributed by atoms with Crippen LogP contribution < -0.4 is 15.4 Å². The van der Waals surface area contributed by atoms with Gasteiger partial charge in [0.1, 0.15) is 12.4 Å². The summed E-state index contributed by atoms with van der Waals surface area (Å²) in [5.74, 6) is 1.57. The van der Waals surface area contributed by atoms with E-state index >= 15 is 0 Å². The van der Waals surface area contributed by atoms with Gasteiger partial charge in [-0.25, -0.2) is 8.42 Å². The highest BCUT2D eigenvalue weighted by molar-refractivity contribution is 7.91. The van der Waals surface area contributed by atoms with Crippen molar-refractivity contribution in [3.8, 4) is 5.75 Å². The molecule has 0 amide bonds. The average molecular weight is 339 g/mol. The largest absolute Gasteiger partial charge is 0.489 e. The smallest absolute Gasteiger partial charge is 0.191 e. The third-order valence-electron chi connectivity index (χ3n) is 3.14. The summed E-state index contributed by atoms with van der Waals surface area (Å²) in [7, 11) is -1.34. The van der Waals surface area contributed by atoms with E-state index in [9.17, 15) is 8.42 Å². The van der Waals surface area contributed by atoms with Gasteiger partial charge in [0.2, 0.25) is 0 Å². The van der Waals surface area contributed by atoms with Crippen LogP contribution in [-0.4, -0.2) is 46.1 Å². The first-order valence-corrected chi connectivity index (χ1v) is 9.31. The second-order valence-electron chi connectivity index (χ2n) is 4.80. The number of ether oxygens (including phenoxy) is 1. The summed E-state index contributed by atoms with van der Waals surface area (Å²) in [4.78, 5) is 4.08. The van der Waals surface area contributed by atoms with Crippen LogP contribution in [0.15, 0.2) is 41.9 Å². The maximum Gasteiger partial charge on any atom is 0.191 e. The fourth-order valence-electron chi connectivity index (χ4n) is 1.81. The Labute approximate surface area is 138 Å². The second kappa shape index (κ2) is 9.89. The fraction of sp³-hybridized carbons (Fsp3) is 0.438. The van der Waals surface area contributed by atoms with E-state index in [-0.39, 0.29) is 11.5 Å². The quantitative estimate of drug-likeness (QED) is 0.403. The third kappa shape index (κ3) is 7.19. The first-order chi connectivity index (χ1) is 11.0. The van der Waals surface area contributed by atoms with E-state index in [0.29, 0.717) is 25.7 Å². The van der Waals surface area contributed by atoms with E-state index in [2.05, 4.69) is 22.2 Å². The van der Waals surface area contributed by atoms with E-state index in [4.69, 9.17) is 4.74 Å². The number of rotatable bonds is 9. The Morgan fingerprint density at radius 3 is 2.74 bits per heavy atom. The van der Waals surface area contributed by atoms with Crippen LogP contribution in [-0.2, 0) is 16.4 Å². The predicted molar refractivity (Wildman–Crippen MR) is 94.7 cm³/mol. The third-order valence-corrected chi connectivity index (χ3v) is 4.85. The number of guanidine groups is 1. The Bertz CT molecular complexity index is 627. The zero-order valence-corrected chi connectivity index (χ0v) is 14.5. The standard InChI is InChI=1S/C16H25N3O3S/c1-4-11-22-15-9-7-6-8-14(15)13-19-16(17-3)18-10-12-23(20,21)5-2/h4,6-9H,1,5,10-13H2,2-3H3,(H2,17,18,19). The van der Waals surface area contributed by atoms with Crippen LogP contribution in [0.3, 0.4) is 0 Å². The first kappa shape index (κ1) is 19.0. The minimum Gasteiger partial charge on any atom is -0.489 e. The van der Waals surface area contributed by atoms with Crippen molar-refractivity contribution < 1.29 is 13.2 Å². The Morgan fingerprint density at radius 2 is 2.09 bits per heavy atom. The molecule has 2 N–H and O–H groups in total. The molecule has 0 saturated carbocycles. The number of benzene rings is 1. The molecule has 0 unspecified atom stereocenters. The van der Waals surface area contributed by atoms with Crippen LogP contribution in [0.2, 0.25) is 0 Å². The minimum atomic E-state index is -2.98. The zero-order valence-electron chi connectivity index (χ0n) is 13.7. The van der Waals surface area contributed by atoms with E-state index in [0.717, 1.165) is 11.3 Å². The number of nitrogens with one attached hydrogen (secondary N) is 2. The van der Waals surface area contributed by atoms with Gasteiger partial charge in [-0.1, -0.05) is 37.8 Å². The second-order valence-corrected chi connectivity index (χ2v) is 7.27.